The summed E-state index contributed by atoms with van der Waals surface area (Å²) < 4.78 is 17.5. The Hall–Kier alpha value is -3.14. The Morgan fingerprint density at radius 2 is 1.29 bits per heavy atom. The van der Waals surface area contributed by atoms with Gasteiger partial charge in [-0.05, 0) is 48.9 Å². The number of rotatable bonds is 14. The maximum atomic E-state index is 5.95. The van der Waals surface area contributed by atoms with Gasteiger partial charge in [-0.25, -0.2) is 0 Å². The lowest BCUT2D eigenvalue weighted by atomic mass is 10.2. The van der Waals surface area contributed by atoms with Crippen LogP contribution >= 0.6 is 0 Å². The molecule has 0 saturated heterocycles. The van der Waals surface area contributed by atoms with Crippen molar-refractivity contribution in [3.63, 3.8) is 0 Å². The first-order chi connectivity index (χ1) is 15.3. The van der Waals surface area contributed by atoms with Crippen molar-refractivity contribution in [3.05, 3.63) is 84.4 Å². The highest BCUT2D eigenvalue weighted by Crippen LogP contribution is 2.21. The SMILES string of the molecule is CCCCCCOc1ccc(NCc2ccccc2OCCOc2ccccc2)cc1. The summed E-state index contributed by atoms with van der Waals surface area (Å²) in [6.45, 7) is 4.69. The van der Waals surface area contributed by atoms with Crippen LogP contribution in [0, 0.1) is 0 Å². The molecule has 31 heavy (non-hydrogen) atoms. The minimum absolute atomic E-state index is 0.496. The van der Waals surface area contributed by atoms with E-state index in [0.717, 1.165) is 41.5 Å². The molecule has 1 N–H and O–H groups in total. The first-order valence-electron chi connectivity index (χ1n) is 11.2. The van der Waals surface area contributed by atoms with Crippen LogP contribution < -0.4 is 19.5 Å². The fraction of sp³-hybridized carbons (Fsp3) is 0.333. The van der Waals surface area contributed by atoms with E-state index >= 15 is 0 Å². The van der Waals surface area contributed by atoms with E-state index in [-0.39, 0.29) is 0 Å². The Morgan fingerprint density at radius 3 is 2.10 bits per heavy atom. The zero-order chi connectivity index (χ0) is 21.6. The number of nitrogens with one attached hydrogen (secondary N) is 1. The van der Waals surface area contributed by atoms with Gasteiger partial charge < -0.3 is 19.5 Å². The molecule has 3 aromatic carbocycles. The average molecular weight is 420 g/mol. The molecule has 0 unspecified atom stereocenters. The van der Waals surface area contributed by atoms with Gasteiger partial charge >= 0.3 is 0 Å². The van der Waals surface area contributed by atoms with Gasteiger partial charge in [0, 0.05) is 17.8 Å². The summed E-state index contributed by atoms with van der Waals surface area (Å²) in [4.78, 5) is 0. The number of hydrogen-bond donors (Lipinski definition) is 1. The van der Waals surface area contributed by atoms with Gasteiger partial charge in [0.15, 0.2) is 0 Å². The summed E-state index contributed by atoms with van der Waals surface area (Å²) in [5.41, 5.74) is 2.17. The maximum absolute atomic E-state index is 5.95. The second kappa shape index (κ2) is 13.2. The highest BCUT2D eigenvalue weighted by atomic mass is 16.5. The molecule has 3 rings (SSSR count). The van der Waals surface area contributed by atoms with Crippen LogP contribution in [-0.4, -0.2) is 19.8 Å². The zero-order valence-corrected chi connectivity index (χ0v) is 18.4. The van der Waals surface area contributed by atoms with E-state index in [1.165, 1.54) is 19.3 Å². The quantitative estimate of drug-likeness (QED) is 0.295. The second-order valence-electron chi connectivity index (χ2n) is 7.40. The van der Waals surface area contributed by atoms with E-state index in [2.05, 4.69) is 30.4 Å². The largest absolute Gasteiger partial charge is 0.494 e. The molecule has 3 aromatic rings. The fourth-order valence-electron chi connectivity index (χ4n) is 3.20. The Bertz CT molecular complexity index is 865. The molecule has 0 heterocycles. The highest BCUT2D eigenvalue weighted by molar-refractivity contribution is 5.48. The number of para-hydroxylation sites is 2. The van der Waals surface area contributed by atoms with Crippen LogP contribution in [0.5, 0.6) is 17.2 Å². The van der Waals surface area contributed by atoms with Crippen molar-refractivity contribution in [3.8, 4) is 17.2 Å². The lowest BCUT2D eigenvalue weighted by Crippen LogP contribution is -2.10. The third-order valence-electron chi connectivity index (χ3n) is 4.93. The summed E-state index contributed by atoms with van der Waals surface area (Å²) in [5.74, 6) is 2.65. The molecule has 0 spiro atoms. The van der Waals surface area contributed by atoms with Crippen molar-refractivity contribution >= 4 is 5.69 Å². The smallest absolute Gasteiger partial charge is 0.124 e. The Morgan fingerprint density at radius 1 is 0.613 bits per heavy atom. The van der Waals surface area contributed by atoms with E-state index in [4.69, 9.17) is 14.2 Å². The van der Waals surface area contributed by atoms with Crippen LogP contribution in [0.1, 0.15) is 38.2 Å². The topological polar surface area (TPSA) is 39.7 Å². The van der Waals surface area contributed by atoms with Crippen LogP contribution in [0.2, 0.25) is 0 Å². The molecule has 0 fully saturated rings. The van der Waals surface area contributed by atoms with Gasteiger partial charge in [-0.2, -0.15) is 0 Å². The van der Waals surface area contributed by atoms with Crippen LogP contribution in [0.25, 0.3) is 0 Å². The Balaban J connectivity index is 1.41. The zero-order valence-electron chi connectivity index (χ0n) is 18.4. The highest BCUT2D eigenvalue weighted by Gasteiger charge is 2.04. The molecule has 0 aliphatic carbocycles. The van der Waals surface area contributed by atoms with Crippen LogP contribution in [0.4, 0.5) is 5.69 Å². The van der Waals surface area contributed by atoms with E-state index < -0.39 is 0 Å². The fourth-order valence-corrected chi connectivity index (χ4v) is 3.20. The standard InChI is InChI=1S/C27H33NO3/c1-2-3-4-10-19-29-26-17-15-24(16-18-26)28-22-23-11-8-9-14-27(23)31-21-20-30-25-12-6-5-7-13-25/h5-9,11-18,28H,2-4,10,19-22H2,1H3. The predicted octanol–water partition coefficient (Wildman–Crippen LogP) is 6.72. The summed E-state index contributed by atoms with van der Waals surface area (Å²) in [6, 6.07) is 26.0. The van der Waals surface area contributed by atoms with Crippen LogP contribution in [0.15, 0.2) is 78.9 Å². The van der Waals surface area contributed by atoms with E-state index in [0.29, 0.717) is 19.8 Å². The number of unbranched alkanes of at least 4 members (excludes halogenated alkanes) is 3. The monoisotopic (exact) mass is 419 g/mol. The normalized spacial score (nSPS) is 10.5. The van der Waals surface area contributed by atoms with Crippen molar-refractivity contribution in [2.24, 2.45) is 0 Å². The molecule has 0 aliphatic heterocycles. The van der Waals surface area contributed by atoms with Gasteiger partial charge in [-0.3, -0.25) is 0 Å². The predicted molar refractivity (Wildman–Crippen MR) is 127 cm³/mol. The van der Waals surface area contributed by atoms with Gasteiger partial charge in [-0.15, -0.1) is 0 Å². The lowest BCUT2D eigenvalue weighted by molar-refractivity contribution is 0.216. The molecular formula is C27H33NO3. The molecule has 4 nitrogen and oxygen atoms in total. The van der Waals surface area contributed by atoms with Crippen molar-refractivity contribution in [2.75, 3.05) is 25.1 Å². The summed E-state index contributed by atoms with van der Waals surface area (Å²) >= 11 is 0. The summed E-state index contributed by atoms with van der Waals surface area (Å²) in [6.07, 6.45) is 4.87. The molecule has 4 heteroatoms. The van der Waals surface area contributed by atoms with Crippen molar-refractivity contribution in [1.82, 2.24) is 0 Å². The van der Waals surface area contributed by atoms with E-state index in [1.54, 1.807) is 0 Å². The first-order valence-corrected chi connectivity index (χ1v) is 11.2. The van der Waals surface area contributed by atoms with Gasteiger partial charge in [0.05, 0.1) is 6.61 Å². The van der Waals surface area contributed by atoms with Crippen LogP contribution in [-0.2, 0) is 6.54 Å². The van der Waals surface area contributed by atoms with Crippen molar-refractivity contribution in [2.45, 2.75) is 39.2 Å². The van der Waals surface area contributed by atoms with Crippen molar-refractivity contribution < 1.29 is 14.2 Å². The van der Waals surface area contributed by atoms with Gasteiger partial charge in [0.25, 0.3) is 0 Å². The van der Waals surface area contributed by atoms with Crippen LogP contribution in [0.3, 0.4) is 0 Å². The Kier molecular flexibility index (Phi) is 9.61. The molecule has 0 saturated carbocycles. The first kappa shape index (κ1) is 22.5. The molecule has 0 bridgehead atoms. The molecule has 0 aliphatic rings. The molecule has 0 aromatic heterocycles. The minimum Gasteiger partial charge on any atom is -0.494 e. The maximum Gasteiger partial charge on any atom is 0.124 e. The number of anilines is 1. The van der Waals surface area contributed by atoms with Gasteiger partial charge in [0.2, 0.25) is 0 Å². The third kappa shape index (κ3) is 8.25. The molecule has 0 amide bonds. The molecule has 0 radical (unpaired) electrons. The van der Waals surface area contributed by atoms with Gasteiger partial charge in [-0.1, -0.05) is 62.6 Å². The second-order valence-corrected chi connectivity index (χ2v) is 7.40. The summed E-state index contributed by atoms with van der Waals surface area (Å²) in [7, 11) is 0. The minimum atomic E-state index is 0.496. The summed E-state index contributed by atoms with van der Waals surface area (Å²) in [5, 5.41) is 3.46. The van der Waals surface area contributed by atoms with E-state index in [1.807, 2.05) is 60.7 Å². The Labute approximate surface area is 186 Å². The van der Waals surface area contributed by atoms with Gasteiger partial charge in [0.1, 0.15) is 30.5 Å². The lowest BCUT2D eigenvalue weighted by Gasteiger charge is -2.14. The third-order valence-corrected chi connectivity index (χ3v) is 4.93. The average Bonchev–Trinajstić information content (AvgIpc) is 2.82. The van der Waals surface area contributed by atoms with Crippen molar-refractivity contribution in [1.29, 1.82) is 0 Å². The van der Waals surface area contributed by atoms with E-state index in [9.17, 15) is 0 Å². The number of ether oxygens (including phenoxy) is 3. The number of benzene rings is 3. The number of hydrogen-bond acceptors (Lipinski definition) is 4. The molecule has 0 atom stereocenters. The molecular weight excluding hydrogens is 386 g/mol. The molecule has 164 valence electrons.